The number of carbonyl (C=O) groups is 2. The number of amides is 1. The summed E-state index contributed by atoms with van der Waals surface area (Å²) in [7, 11) is 1.59. The Labute approximate surface area is 163 Å². The molecule has 0 radical (unpaired) electrons. The maximum atomic E-state index is 12.8. The molecule has 4 nitrogen and oxygen atoms in total. The third-order valence-corrected chi connectivity index (χ3v) is 4.79. The fourth-order valence-electron chi connectivity index (χ4n) is 2.61. The average Bonchev–Trinajstić information content (AvgIpc) is 2.63. The second kappa shape index (κ2) is 9.60. The van der Waals surface area contributed by atoms with Crippen LogP contribution in [0.2, 0.25) is 10.0 Å². The molecule has 0 aliphatic carbocycles. The Balaban J connectivity index is 2.20. The van der Waals surface area contributed by atoms with Gasteiger partial charge < -0.3 is 9.64 Å². The second-order valence-corrected chi connectivity index (χ2v) is 6.65. The predicted molar refractivity (Wildman–Crippen MR) is 104 cm³/mol. The normalized spacial score (nSPS) is 11.7. The summed E-state index contributed by atoms with van der Waals surface area (Å²) in [6.07, 6.45) is 0.387. The molecule has 26 heavy (non-hydrogen) atoms. The second-order valence-electron chi connectivity index (χ2n) is 5.84. The van der Waals surface area contributed by atoms with E-state index in [1.165, 1.54) is 4.90 Å². The number of likely N-dealkylation sites (N-methyl/N-ethyl adjacent to an activating group) is 1. The fourth-order valence-corrected chi connectivity index (χ4v) is 3.14. The van der Waals surface area contributed by atoms with Crippen LogP contribution >= 0.6 is 23.2 Å². The molecule has 0 N–H and O–H groups in total. The highest BCUT2D eigenvalue weighted by molar-refractivity contribution is 6.36. The van der Waals surface area contributed by atoms with Crippen LogP contribution in [-0.2, 0) is 27.2 Å². The summed E-state index contributed by atoms with van der Waals surface area (Å²) in [6.45, 7) is 1.99. The number of hydrogen-bond acceptors (Lipinski definition) is 3. The van der Waals surface area contributed by atoms with Crippen molar-refractivity contribution in [2.75, 3.05) is 13.7 Å². The van der Waals surface area contributed by atoms with E-state index in [0.29, 0.717) is 22.0 Å². The molecule has 0 fully saturated rings. The summed E-state index contributed by atoms with van der Waals surface area (Å²) in [4.78, 5) is 26.6. The van der Waals surface area contributed by atoms with Gasteiger partial charge in [-0.2, -0.15) is 0 Å². The van der Waals surface area contributed by atoms with Crippen LogP contribution in [0.25, 0.3) is 0 Å². The molecule has 0 bridgehead atoms. The molecule has 2 rings (SSSR count). The van der Waals surface area contributed by atoms with Gasteiger partial charge in [0.25, 0.3) is 0 Å². The highest BCUT2D eigenvalue weighted by atomic mass is 35.5. The minimum atomic E-state index is -0.717. The zero-order valence-electron chi connectivity index (χ0n) is 14.7. The molecule has 0 aromatic heterocycles. The molecular weight excluding hydrogens is 373 g/mol. The first-order valence-corrected chi connectivity index (χ1v) is 9.08. The minimum Gasteiger partial charge on any atom is -0.464 e. The van der Waals surface area contributed by atoms with Crippen LogP contribution < -0.4 is 0 Å². The van der Waals surface area contributed by atoms with Crippen molar-refractivity contribution < 1.29 is 14.3 Å². The van der Waals surface area contributed by atoms with Crippen molar-refractivity contribution in [1.29, 1.82) is 0 Å². The number of esters is 1. The molecule has 0 unspecified atom stereocenters. The summed E-state index contributed by atoms with van der Waals surface area (Å²) in [5.74, 6) is -0.688. The summed E-state index contributed by atoms with van der Waals surface area (Å²) >= 11 is 12.3. The van der Waals surface area contributed by atoms with E-state index >= 15 is 0 Å². The highest BCUT2D eigenvalue weighted by Crippen LogP contribution is 2.25. The lowest BCUT2D eigenvalue weighted by atomic mass is 10.0. The molecule has 0 heterocycles. The molecule has 1 atom stereocenters. The molecule has 0 aliphatic rings. The Bertz CT molecular complexity index is 745. The lowest BCUT2D eigenvalue weighted by Crippen LogP contribution is -2.45. The third kappa shape index (κ3) is 5.23. The van der Waals surface area contributed by atoms with Crippen LogP contribution in [0.15, 0.2) is 48.5 Å². The Kier molecular flexibility index (Phi) is 7.49. The van der Waals surface area contributed by atoms with Crippen LogP contribution in [0.1, 0.15) is 18.1 Å². The van der Waals surface area contributed by atoms with Gasteiger partial charge in [-0.25, -0.2) is 4.79 Å². The van der Waals surface area contributed by atoms with Crippen molar-refractivity contribution in [1.82, 2.24) is 4.90 Å². The number of benzene rings is 2. The number of nitrogens with zero attached hydrogens (tertiary/aromatic N) is 1. The number of rotatable bonds is 7. The first-order chi connectivity index (χ1) is 12.4. The maximum absolute atomic E-state index is 12.8. The lowest BCUT2D eigenvalue weighted by Gasteiger charge is -2.27. The van der Waals surface area contributed by atoms with Gasteiger partial charge in [0.2, 0.25) is 5.91 Å². The topological polar surface area (TPSA) is 46.6 Å². The fraction of sp³-hybridized carbons (Fsp3) is 0.300. The van der Waals surface area contributed by atoms with Gasteiger partial charge in [0.1, 0.15) is 6.04 Å². The molecule has 2 aromatic carbocycles. The summed E-state index contributed by atoms with van der Waals surface area (Å²) < 4.78 is 5.16. The Morgan fingerprint density at radius 3 is 2.23 bits per heavy atom. The zero-order chi connectivity index (χ0) is 19.1. The summed E-state index contributed by atoms with van der Waals surface area (Å²) in [6, 6.07) is 13.9. The van der Waals surface area contributed by atoms with E-state index < -0.39 is 12.0 Å². The van der Waals surface area contributed by atoms with Gasteiger partial charge in [-0.15, -0.1) is 0 Å². The lowest BCUT2D eigenvalue weighted by molar-refractivity contribution is -0.153. The molecule has 0 saturated carbocycles. The van der Waals surface area contributed by atoms with Crippen LogP contribution in [0.3, 0.4) is 0 Å². The van der Waals surface area contributed by atoms with Gasteiger partial charge >= 0.3 is 5.97 Å². The molecule has 0 aliphatic heterocycles. The smallest absolute Gasteiger partial charge is 0.329 e. The minimum absolute atomic E-state index is 0.0136. The van der Waals surface area contributed by atoms with E-state index in [-0.39, 0.29) is 18.9 Å². The number of carbonyl (C=O) groups excluding carboxylic acids is 2. The summed E-state index contributed by atoms with van der Waals surface area (Å²) in [5, 5.41) is 0.852. The van der Waals surface area contributed by atoms with Crippen LogP contribution in [0.4, 0.5) is 0 Å². The Hall–Kier alpha value is -2.04. The van der Waals surface area contributed by atoms with Crippen molar-refractivity contribution in [3.05, 3.63) is 69.7 Å². The number of halogens is 2. The number of ether oxygens (including phenoxy) is 1. The Morgan fingerprint density at radius 1 is 1.04 bits per heavy atom. The van der Waals surface area contributed by atoms with Crippen molar-refractivity contribution >= 4 is 35.1 Å². The van der Waals surface area contributed by atoms with E-state index in [1.807, 2.05) is 30.3 Å². The standard InChI is InChI=1S/C20H21Cl2NO3/c1-3-26-20(25)18(12-14-8-5-4-6-9-14)23(2)19(24)13-15-16(21)10-7-11-17(15)22/h4-11,18H,3,12-13H2,1-2H3/t18-/m0/s1. The van der Waals surface area contributed by atoms with Gasteiger partial charge in [-0.05, 0) is 30.2 Å². The summed E-state index contributed by atoms with van der Waals surface area (Å²) in [5.41, 5.74) is 1.50. The van der Waals surface area contributed by atoms with Crippen molar-refractivity contribution in [3.63, 3.8) is 0 Å². The molecule has 138 valence electrons. The van der Waals surface area contributed by atoms with E-state index in [0.717, 1.165) is 5.56 Å². The zero-order valence-corrected chi connectivity index (χ0v) is 16.3. The Morgan fingerprint density at radius 2 is 1.65 bits per heavy atom. The van der Waals surface area contributed by atoms with Gasteiger partial charge in [-0.1, -0.05) is 59.6 Å². The molecule has 0 spiro atoms. The highest BCUT2D eigenvalue weighted by Gasteiger charge is 2.29. The van der Waals surface area contributed by atoms with Crippen molar-refractivity contribution in [2.24, 2.45) is 0 Å². The van der Waals surface area contributed by atoms with Crippen LogP contribution in [0, 0.1) is 0 Å². The molecule has 1 amide bonds. The largest absolute Gasteiger partial charge is 0.464 e. The van der Waals surface area contributed by atoms with Gasteiger partial charge in [0.15, 0.2) is 0 Å². The first-order valence-electron chi connectivity index (χ1n) is 8.33. The molecular formula is C20H21Cl2NO3. The average molecular weight is 394 g/mol. The van der Waals surface area contributed by atoms with E-state index in [9.17, 15) is 9.59 Å². The van der Waals surface area contributed by atoms with Crippen molar-refractivity contribution in [3.8, 4) is 0 Å². The maximum Gasteiger partial charge on any atom is 0.329 e. The SMILES string of the molecule is CCOC(=O)[C@H](Cc1ccccc1)N(C)C(=O)Cc1c(Cl)cccc1Cl. The van der Waals surface area contributed by atoms with E-state index in [2.05, 4.69) is 0 Å². The third-order valence-electron chi connectivity index (χ3n) is 4.08. The first kappa shape index (κ1) is 20.3. The molecule has 2 aromatic rings. The number of hydrogen-bond donors (Lipinski definition) is 0. The van der Waals surface area contributed by atoms with Gasteiger partial charge in [0.05, 0.1) is 13.0 Å². The van der Waals surface area contributed by atoms with Crippen molar-refractivity contribution in [2.45, 2.75) is 25.8 Å². The quantitative estimate of drug-likeness (QED) is 0.663. The van der Waals surface area contributed by atoms with Gasteiger partial charge in [-0.3, -0.25) is 4.79 Å². The predicted octanol–water partition coefficient (Wildman–Crippen LogP) is 4.17. The molecule has 0 saturated heterocycles. The molecule has 6 heteroatoms. The van der Waals surface area contributed by atoms with E-state index in [1.54, 1.807) is 32.2 Å². The van der Waals surface area contributed by atoms with Crippen LogP contribution in [-0.4, -0.2) is 36.5 Å². The van der Waals surface area contributed by atoms with Crippen LogP contribution in [0.5, 0.6) is 0 Å². The van der Waals surface area contributed by atoms with Gasteiger partial charge in [0, 0.05) is 23.5 Å². The monoisotopic (exact) mass is 393 g/mol. The van der Waals surface area contributed by atoms with E-state index in [4.69, 9.17) is 27.9 Å².